The Morgan fingerprint density at radius 3 is 2.58 bits per heavy atom. The van der Waals surface area contributed by atoms with Gasteiger partial charge < -0.3 is 10.2 Å². The normalized spacial score (nSPS) is 16.5. The summed E-state index contributed by atoms with van der Waals surface area (Å²) in [5.74, 6) is 0.104. The van der Waals surface area contributed by atoms with Gasteiger partial charge in [-0.2, -0.15) is 0 Å². The van der Waals surface area contributed by atoms with Crippen molar-refractivity contribution in [3.8, 4) is 0 Å². The van der Waals surface area contributed by atoms with Crippen molar-refractivity contribution in [1.82, 2.24) is 4.90 Å². The summed E-state index contributed by atoms with van der Waals surface area (Å²) in [5.41, 5.74) is 0.676. The summed E-state index contributed by atoms with van der Waals surface area (Å²) in [6.07, 6.45) is 2.17. The third kappa shape index (κ3) is 3.36. The van der Waals surface area contributed by atoms with Crippen molar-refractivity contribution < 1.29 is 4.79 Å². The molecule has 1 aromatic rings. The van der Waals surface area contributed by atoms with Gasteiger partial charge in [-0.1, -0.05) is 23.2 Å². The zero-order valence-corrected chi connectivity index (χ0v) is 13.6. The number of anilines is 1. The second-order valence-corrected chi connectivity index (χ2v) is 6.23. The van der Waals surface area contributed by atoms with Crippen molar-refractivity contribution in [1.29, 1.82) is 0 Å². The molecule has 1 aliphatic heterocycles. The Kier molecular flexibility index (Phi) is 4.98. The van der Waals surface area contributed by atoms with Gasteiger partial charge in [0.05, 0.1) is 15.7 Å². The van der Waals surface area contributed by atoms with E-state index in [0.717, 1.165) is 30.4 Å². The van der Waals surface area contributed by atoms with Crippen LogP contribution in [0.3, 0.4) is 0 Å². The van der Waals surface area contributed by atoms with Crippen molar-refractivity contribution in [3.05, 3.63) is 26.7 Å². The first-order chi connectivity index (χ1) is 9.00. The Morgan fingerprint density at radius 1 is 1.32 bits per heavy atom. The molecule has 0 aliphatic carbocycles. The molecule has 1 heterocycles. The Balaban J connectivity index is 2.08. The monoisotopic (exact) mass is 364 g/mol. The fourth-order valence-electron chi connectivity index (χ4n) is 2.14. The number of carbonyl (C=O) groups is 1. The number of hydrogen-bond acceptors (Lipinski definition) is 2. The van der Waals surface area contributed by atoms with E-state index in [9.17, 15) is 4.79 Å². The van der Waals surface area contributed by atoms with E-state index in [4.69, 9.17) is 23.2 Å². The molecule has 2 rings (SSSR count). The van der Waals surface area contributed by atoms with E-state index in [1.54, 1.807) is 0 Å². The summed E-state index contributed by atoms with van der Waals surface area (Å²) in [6.45, 7) is 3.53. The van der Waals surface area contributed by atoms with E-state index < -0.39 is 0 Å². The highest BCUT2D eigenvalue weighted by atomic mass is 79.9. The van der Waals surface area contributed by atoms with Crippen molar-refractivity contribution >= 4 is 50.7 Å². The molecule has 104 valence electrons. The number of likely N-dealkylation sites (tertiary alicyclic amines) is 1. The van der Waals surface area contributed by atoms with Gasteiger partial charge in [0, 0.05) is 17.6 Å². The van der Waals surface area contributed by atoms with Crippen LogP contribution in [0.15, 0.2) is 16.6 Å². The number of benzene rings is 1. The molecule has 1 atom stereocenters. The number of rotatable bonds is 3. The Hall–Kier alpha value is -0.450. The summed E-state index contributed by atoms with van der Waals surface area (Å²) in [6, 6.07) is 3.31. The Bertz CT molecular complexity index is 490. The molecule has 1 saturated heterocycles. The minimum absolute atomic E-state index is 0.104. The lowest BCUT2D eigenvalue weighted by Gasteiger charge is -2.22. The van der Waals surface area contributed by atoms with Crippen molar-refractivity contribution in [2.75, 3.05) is 18.4 Å². The van der Waals surface area contributed by atoms with Crippen LogP contribution in [0.2, 0.25) is 10.0 Å². The van der Waals surface area contributed by atoms with E-state index >= 15 is 0 Å². The maximum atomic E-state index is 12.2. The molecule has 1 fully saturated rings. The second kappa shape index (κ2) is 6.33. The standard InChI is InChI=1S/C13H15BrCl2N2O/c1-8(13(19)18-6-2-3-7-18)17-10-5-4-9(14)11(15)12(10)16/h4-5,8,17H,2-3,6-7H2,1H3. The molecule has 0 saturated carbocycles. The van der Waals surface area contributed by atoms with Crippen molar-refractivity contribution in [2.24, 2.45) is 0 Å². The number of amides is 1. The molecule has 0 radical (unpaired) electrons. The van der Waals surface area contributed by atoms with Crippen LogP contribution in [0, 0.1) is 0 Å². The lowest BCUT2D eigenvalue weighted by molar-refractivity contribution is -0.130. The Morgan fingerprint density at radius 2 is 1.95 bits per heavy atom. The van der Waals surface area contributed by atoms with Gasteiger partial charge >= 0.3 is 0 Å². The highest BCUT2D eigenvalue weighted by Crippen LogP contribution is 2.36. The lowest BCUT2D eigenvalue weighted by Crippen LogP contribution is -2.39. The zero-order chi connectivity index (χ0) is 14.0. The largest absolute Gasteiger partial charge is 0.373 e. The first-order valence-corrected chi connectivity index (χ1v) is 7.74. The first kappa shape index (κ1) is 14.9. The van der Waals surface area contributed by atoms with E-state index in [2.05, 4.69) is 21.2 Å². The maximum absolute atomic E-state index is 12.2. The van der Waals surface area contributed by atoms with Crippen LogP contribution < -0.4 is 5.32 Å². The second-order valence-electron chi connectivity index (χ2n) is 4.62. The molecule has 0 aromatic heterocycles. The number of nitrogens with zero attached hydrogens (tertiary/aromatic N) is 1. The molecule has 0 spiro atoms. The molecule has 1 amide bonds. The highest BCUT2D eigenvalue weighted by Gasteiger charge is 2.23. The van der Waals surface area contributed by atoms with E-state index in [0.29, 0.717) is 15.7 Å². The van der Waals surface area contributed by atoms with Crippen LogP contribution in [0.25, 0.3) is 0 Å². The summed E-state index contributed by atoms with van der Waals surface area (Å²) >= 11 is 15.5. The fraction of sp³-hybridized carbons (Fsp3) is 0.462. The molecular weight excluding hydrogens is 351 g/mol. The molecule has 1 N–H and O–H groups in total. The quantitative estimate of drug-likeness (QED) is 0.815. The van der Waals surface area contributed by atoms with Gasteiger partial charge in [-0.25, -0.2) is 0 Å². The van der Waals surface area contributed by atoms with Gasteiger partial charge in [0.2, 0.25) is 5.91 Å². The van der Waals surface area contributed by atoms with Crippen molar-refractivity contribution in [2.45, 2.75) is 25.8 Å². The molecule has 0 bridgehead atoms. The summed E-state index contributed by atoms with van der Waals surface area (Å²) in [7, 11) is 0. The zero-order valence-electron chi connectivity index (χ0n) is 10.5. The highest BCUT2D eigenvalue weighted by molar-refractivity contribution is 9.10. The lowest BCUT2D eigenvalue weighted by atomic mass is 10.2. The minimum atomic E-state index is -0.312. The molecular formula is C13H15BrCl2N2O. The maximum Gasteiger partial charge on any atom is 0.244 e. The van der Waals surface area contributed by atoms with E-state index in [1.807, 2.05) is 24.0 Å². The molecule has 1 aliphatic rings. The van der Waals surface area contributed by atoms with Gasteiger partial charge in [0.15, 0.2) is 0 Å². The molecule has 6 heteroatoms. The van der Waals surface area contributed by atoms with Crippen LogP contribution >= 0.6 is 39.1 Å². The topological polar surface area (TPSA) is 32.3 Å². The van der Waals surface area contributed by atoms with Gasteiger partial charge in [0.25, 0.3) is 0 Å². The SMILES string of the molecule is CC(Nc1ccc(Br)c(Cl)c1Cl)C(=O)N1CCCC1. The fourth-order valence-corrected chi connectivity index (χ4v) is 2.97. The van der Waals surface area contributed by atoms with Gasteiger partial charge in [-0.15, -0.1) is 0 Å². The number of halogens is 3. The number of carbonyl (C=O) groups excluding carboxylic acids is 1. The van der Waals surface area contributed by atoms with Crippen LogP contribution in [0.5, 0.6) is 0 Å². The van der Waals surface area contributed by atoms with E-state index in [1.165, 1.54) is 0 Å². The number of nitrogens with one attached hydrogen (secondary N) is 1. The van der Waals surface area contributed by atoms with Crippen LogP contribution in [-0.2, 0) is 4.79 Å². The van der Waals surface area contributed by atoms with E-state index in [-0.39, 0.29) is 11.9 Å². The van der Waals surface area contributed by atoms with Crippen molar-refractivity contribution in [3.63, 3.8) is 0 Å². The number of hydrogen-bond donors (Lipinski definition) is 1. The van der Waals surface area contributed by atoms with Gasteiger partial charge in [0.1, 0.15) is 6.04 Å². The molecule has 19 heavy (non-hydrogen) atoms. The van der Waals surface area contributed by atoms with Gasteiger partial charge in [-0.05, 0) is 47.8 Å². The van der Waals surface area contributed by atoms with Crippen LogP contribution in [0.1, 0.15) is 19.8 Å². The Labute approximate surface area is 131 Å². The third-order valence-corrected chi connectivity index (χ3v) is 4.97. The average molecular weight is 366 g/mol. The third-order valence-electron chi connectivity index (χ3n) is 3.20. The molecule has 1 aromatic carbocycles. The smallest absolute Gasteiger partial charge is 0.244 e. The average Bonchev–Trinajstić information content (AvgIpc) is 2.92. The predicted octanol–water partition coefficient (Wildman–Crippen LogP) is 4.18. The summed E-state index contributed by atoms with van der Waals surface area (Å²) in [4.78, 5) is 14.1. The molecule has 1 unspecified atom stereocenters. The van der Waals surface area contributed by atoms with Crippen LogP contribution in [-0.4, -0.2) is 29.9 Å². The predicted molar refractivity (Wildman–Crippen MR) is 83.1 cm³/mol. The van der Waals surface area contributed by atoms with Gasteiger partial charge in [-0.3, -0.25) is 4.79 Å². The molecule has 3 nitrogen and oxygen atoms in total. The minimum Gasteiger partial charge on any atom is -0.373 e. The summed E-state index contributed by atoms with van der Waals surface area (Å²) in [5, 5.41) is 4.01. The first-order valence-electron chi connectivity index (χ1n) is 6.19. The van der Waals surface area contributed by atoms with Crippen LogP contribution in [0.4, 0.5) is 5.69 Å². The summed E-state index contributed by atoms with van der Waals surface area (Å²) < 4.78 is 0.739.